The van der Waals surface area contributed by atoms with Crippen LogP contribution in [-0.2, 0) is 29.3 Å². The highest BCUT2D eigenvalue weighted by molar-refractivity contribution is 5.84. The number of rotatable bonds is 10. The van der Waals surface area contributed by atoms with Crippen LogP contribution in [0.25, 0.3) is 0 Å². The van der Waals surface area contributed by atoms with Gasteiger partial charge in [0.1, 0.15) is 5.75 Å². The van der Waals surface area contributed by atoms with Crippen molar-refractivity contribution in [3.05, 3.63) is 29.8 Å². The van der Waals surface area contributed by atoms with Gasteiger partial charge >= 0.3 is 17.9 Å². The highest BCUT2D eigenvalue weighted by Crippen LogP contribution is 2.37. The van der Waals surface area contributed by atoms with E-state index in [9.17, 15) is 14.4 Å². The van der Waals surface area contributed by atoms with Gasteiger partial charge < -0.3 is 19.1 Å². The predicted molar refractivity (Wildman–Crippen MR) is 135 cm³/mol. The third-order valence-electron chi connectivity index (χ3n) is 6.84. The van der Waals surface area contributed by atoms with Gasteiger partial charge in [-0.15, -0.1) is 0 Å². The van der Waals surface area contributed by atoms with E-state index in [2.05, 4.69) is 24.9 Å². The first-order valence-electron chi connectivity index (χ1n) is 12.9. The van der Waals surface area contributed by atoms with E-state index in [1.54, 1.807) is 19.9 Å². The Kier molecular flexibility index (Phi) is 10.7. The molecular weight excluding hydrogens is 446 g/mol. The molecule has 35 heavy (non-hydrogen) atoms. The fraction of sp³-hybridized carbons (Fsp3) is 0.679. The van der Waals surface area contributed by atoms with Gasteiger partial charge in [0.15, 0.2) is 6.10 Å². The molecule has 3 atom stereocenters. The lowest BCUT2D eigenvalue weighted by atomic mass is 9.74. The van der Waals surface area contributed by atoms with Crippen molar-refractivity contribution in [3.8, 4) is 5.75 Å². The molecule has 2 rings (SSSR count). The van der Waals surface area contributed by atoms with Gasteiger partial charge in [-0.2, -0.15) is 0 Å². The van der Waals surface area contributed by atoms with Gasteiger partial charge in [0, 0.05) is 12.0 Å². The number of benzene rings is 1. The molecule has 0 bridgehead atoms. The number of ether oxygens (including phenoxy) is 3. The van der Waals surface area contributed by atoms with Crippen LogP contribution in [0.2, 0.25) is 0 Å². The van der Waals surface area contributed by atoms with E-state index in [1.165, 1.54) is 25.3 Å². The van der Waals surface area contributed by atoms with E-state index < -0.39 is 29.9 Å². The van der Waals surface area contributed by atoms with Crippen molar-refractivity contribution in [1.82, 2.24) is 4.90 Å². The summed E-state index contributed by atoms with van der Waals surface area (Å²) in [7, 11) is 2.16. The van der Waals surface area contributed by atoms with Gasteiger partial charge in [-0.05, 0) is 77.2 Å². The highest BCUT2D eigenvalue weighted by Gasteiger charge is 2.34. The van der Waals surface area contributed by atoms with Gasteiger partial charge in [0.05, 0.1) is 18.4 Å². The summed E-state index contributed by atoms with van der Waals surface area (Å²) in [6, 6.07) is 7.79. The number of likely N-dealkylation sites (tertiary alicyclic amines) is 1. The summed E-state index contributed by atoms with van der Waals surface area (Å²) < 4.78 is 16.1. The Balaban J connectivity index is 2.08. The number of esters is 3. The minimum atomic E-state index is -1.04. The Bertz CT molecular complexity index is 867. The Morgan fingerprint density at radius 2 is 1.74 bits per heavy atom. The molecule has 0 spiro atoms. The third-order valence-corrected chi connectivity index (χ3v) is 6.84. The molecule has 7 heteroatoms. The van der Waals surface area contributed by atoms with Crippen molar-refractivity contribution in [3.63, 3.8) is 0 Å². The summed E-state index contributed by atoms with van der Waals surface area (Å²) in [6.45, 7) is 12.9. The van der Waals surface area contributed by atoms with Crippen molar-refractivity contribution in [1.29, 1.82) is 0 Å². The lowest BCUT2D eigenvalue weighted by Gasteiger charge is -2.35. The van der Waals surface area contributed by atoms with Crippen LogP contribution < -0.4 is 4.74 Å². The maximum atomic E-state index is 12.8. The lowest BCUT2D eigenvalue weighted by Crippen LogP contribution is -2.37. The van der Waals surface area contributed by atoms with Crippen molar-refractivity contribution < 1.29 is 28.6 Å². The molecule has 0 aliphatic carbocycles. The molecule has 1 aliphatic heterocycles. The number of nitrogens with zero attached hydrogens (tertiary/aromatic N) is 1. The molecule has 0 aromatic heterocycles. The predicted octanol–water partition coefficient (Wildman–Crippen LogP) is 4.90. The van der Waals surface area contributed by atoms with E-state index in [0.717, 1.165) is 25.9 Å². The van der Waals surface area contributed by atoms with Gasteiger partial charge in [-0.1, -0.05) is 39.3 Å². The van der Waals surface area contributed by atoms with Gasteiger partial charge in [-0.3, -0.25) is 9.59 Å². The van der Waals surface area contributed by atoms with E-state index in [4.69, 9.17) is 14.2 Å². The van der Waals surface area contributed by atoms with Crippen molar-refractivity contribution in [2.24, 2.45) is 11.8 Å². The Labute approximate surface area is 210 Å². The first-order valence-corrected chi connectivity index (χ1v) is 12.9. The fourth-order valence-electron chi connectivity index (χ4n) is 4.72. The SMILES string of the molecule is CCC1(c2cccc(OC(=O)C[C@H](C(=O)O[C@@H](C)C(=O)OC(C)C)C(C)C)c2)CCCCN(C)C1. The number of likely N-dealkylation sites (N-methyl/N-ethyl adjacent to an activating group) is 1. The van der Waals surface area contributed by atoms with Crippen molar-refractivity contribution in [2.75, 3.05) is 20.1 Å². The molecular formula is C28H43NO6. The first kappa shape index (κ1) is 28.8. The summed E-state index contributed by atoms with van der Waals surface area (Å²) in [4.78, 5) is 39.9. The summed E-state index contributed by atoms with van der Waals surface area (Å²) in [5.74, 6) is -2.12. The molecule has 1 aliphatic rings. The van der Waals surface area contributed by atoms with E-state index in [-0.39, 0.29) is 23.9 Å². The first-order chi connectivity index (χ1) is 16.5. The van der Waals surface area contributed by atoms with E-state index in [1.807, 2.05) is 26.0 Å². The van der Waals surface area contributed by atoms with Crippen LogP contribution in [0.5, 0.6) is 5.75 Å². The largest absolute Gasteiger partial charge is 0.460 e. The number of hydrogen-bond acceptors (Lipinski definition) is 7. The molecule has 0 N–H and O–H groups in total. The minimum Gasteiger partial charge on any atom is -0.460 e. The zero-order valence-corrected chi connectivity index (χ0v) is 22.5. The van der Waals surface area contributed by atoms with Crippen LogP contribution in [0, 0.1) is 11.8 Å². The second-order valence-electron chi connectivity index (χ2n) is 10.5. The minimum absolute atomic E-state index is 0.0265. The Morgan fingerprint density at radius 1 is 1.03 bits per heavy atom. The zero-order valence-electron chi connectivity index (χ0n) is 22.5. The number of hydrogen-bond donors (Lipinski definition) is 0. The van der Waals surface area contributed by atoms with Gasteiger partial charge in [0.25, 0.3) is 0 Å². The van der Waals surface area contributed by atoms with Gasteiger partial charge in [0.2, 0.25) is 0 Å². The summed E-state index contributed by atoms with van der Waals surface area (Å²) in [5.41, 5.74) is 1.20. The quantitative estimate of drug-likeness (QED) is 0.341. The maximum Gasteiger partial charge on any atom is 0.347 e. The Hall–Kier alpha value is -2.41. The molecule has 196 valence electrons. The van der Waals surface area contributed by atoms with Crippen LogP contribution >= 0.6 is 0 Å². The molecule has 0 saturated carbocycles. The highest BCUT2D eigenvalue weighted by atomic mass is 16.6. The maximum absolute atomic E-state index is 12.8. The molecule has 1 saturated heterocycles. The van der Waals surface area contributed by atoms with Crippen LogP contribution in [0.3, 0.4) is 0 Å². The molecule has 1 unspecified atom stereocenters. The summed E-state index contributed by atoms with van der Waals surface area (Å²) in [5, 5.41) is 0. The molecule has 7 nitrogen and oxygen atoms in total. The molecule has 1 fully saturated rings. The average molecular weight is 490 g/mol. The summed E-state index contributed by atoms with van der Waals surface area (Å²) in [6.07, 6.45) is 2.99. The Morgan fingerprint density at radius 3 is 2.37 bits per heavy atom. The van der Waals surface area contributed by atoms with E-state index >= 15 is 0 Å². The third kappa shape index (κ3) is 8.34. The molecule has 1 aromatic carbocycles. The monoisotopic (exact) mass is 489 g/mol. The van der Waals surface area contributed by atoms with Crippen LogP contribution in [0.1, 0.15) is 79.2 Å². The van der Waals surface area contributed by atoms with Crippen LogP contribution in [-0.4, -0.2) is 55.2 Å². The molecule has 0 radical (unpaired) electrons. The fourth-order valence-corrected chi connectivity index (χ4v) is 4.72. The number of carbonyl (C=O) groups is 3. The lowest BCUT2D eigenvalue weighted by molar-refractivity contribution is -0.173. The topological polar surface area (TPSA) is 82.1 Å². The number of carbonyl (C=O) groups excluding carboxylic acids is 3. The van der Waals surface area contributed by atoms with Crippen molar-refractivity contribution in [2.45, 2.75) is 91.3 Å². The second-order valence-corrected chi connectivity index (χ2v) is 10.5. The van der Waals surface area contributed by atoms with Crippen molar-refractivity contribution >= 4 is 17.9 Å². The smallest absolute Gasteiger partial charge is 0.347 e. The second kappa shape index (κ2) is 13.1. The molecule has 1 aromatic rings. The average Bonchev–Trinajstić information content (AvgIpc) is 2.98. The van der Waals surface area contributed by atoms with Gasteiger partial charge in [-0.25, -0.2) is 4.79 Å². The normalized spacial score (nSPS) is 20.7. The molecule has 0 amide bonds. The summed E-state index contributed by atoms with van der Waals surface area (Å²) >= 11 is 0. The van der Waals surface area contributed by atoms with E-state index in [0.29, 0.717) is 5.75 Å². The zero-order chi connectivity index (χ0) is 26.2. The van der Waals surface area contributed by atoms with Crippen LogP contribution in [0.4, 0.5) is 0 Å². The standard InChI is InChI=1S/C28H43NO6/c1-8-28(14-9-10-15-29(7)18-28)22-12-11-13-23(16-22)35-25(30)17-24(19(2)3)27(32)34-21(6)26(31)33-20(4)5/h11-13,16,19-21,24H,8-10,14-15,17-18H2,1-7H3/t21-,24-,28?/m0/s1. The molecule has 1 heterocycles. The van der Waals surface area contributed by atoms with Crippen LogP contribution in [0.15, 0.2) is 24.3 Å².